The van der Waals surface area contributed by atoms with Crippen molar-refractivity contribution >= 4 is 46.6 Å². The van der Waals surface area contributed by atoms with Crippen LogP contribution in [0.2, 0.25) is 5.02 Å². The van der Waals surface area contributed by atoms with Gasteiger partial charge in [0.05, 0.1) is 22.2 Å². The van der Waals surface area contributed by atoms with E-state index in [0.29, 0.717) is 10.7 Å². The Morgan fingerprint density at radius 2 is 1.50 bits per heavy atom. The third kappa shape index (κ3) is 5.28. The standard InChI is InChI=1S/C18H19ClN2O2S/c1-12-6-5-9-15(13(12)2)20-17(22)10-24-11-18(23)21-16-8-4-3-7-14(16)19/h3-9H,10-11H2,1-2H3,(H,20,22)(H,21,23). The molecule has 2 N–H and O–H groups in total. The van der Waals surface area contributed by atoms with E-state index in [2.05, 4.69) is 10.6 Å². The molecule has 126 valence electrons. The van der Waals surface area contributed by atoms with Gasteiger partial charge >= 0.3 is 0 Å². The van der Waals surface area contributed by atoms with Crippen LogP contribution in [0.3, 0.4) is 0 Å². The van der Waals surface area contributed by atoms with Crippen molar-refractivity contribution < 1.29 is 9.59 Å². The predicted octanol–water partition coefficient (Wildman–Crippen LogP) is 4.27. The molecule has 2 rings (SSSR count). The van der Waals surface area contributed by atoms with Gasteiger partial charge in [0.15, 0.2) is 0 Å². The SMILES string of the molecule is Cc1cccc(NC(=O)CSCC(=O)Nc2ccccc2Cl)c1C. The summed E-state index contributed by atoms with van der Waals surface area (Å²) in [5.74, 6) is 0.0845. The Morgan fingerprint density at radius 1 is 0.917 bits per heavy atom. The molecule has 0 unspecified atom stereocenters. The van der Waals surface area contributed by atoms with E-state index in [9.17, 15) is 9.59 Å². The minimum Gasteiger partial charge on any atom is -0.325 e. The molecule has 0 spiro atoms. The normalized spacial score (nSPS) is 10.3. The van der Waals surface area contributed by atoms with E-state index in [-0.39, 0.29) is 23.3 Å². The van der Waals surface area contributed by atoms with E-state index in [0.717, 1.165) is 16.8 Å². The Morgan fingerprint density at radius 3 is 2.17 bits per heavy atom. The first-order valence-corrected chi connectivity index (χ1v) is 8.99. The fourth-order valence-electron chi connectivity index (χ4n) is 2.06. The molecule has 0 aliphatic heterocycles. The van der Waals surface area contributed by atoms with Crippen molar-refractivity contribution in [2.45, 2.75) is 13.8 Å². The van der Waals surface area contributed by atoms with E-state index < -0.39 is 0 Å². The molecule has 0 aliphatic rings. The van der Waals surface area contributed by atoms with Gasteiger partial charge in [0.1, 0.15) is 0 Å². The van der Waals surface area contributed by atoms with Crippen molar-refractivity contribution in [2.75, 3.05) is 22.1 Å². The van der Waals surface area contributed by atoms with Gasteiger partial charge in [-0.05, 0) is 43.2 Å². The molecule has 0 saturated heterocycles. The maximum atomic E-state index is 12.0. The number of hydrogen-bond donors (Lipinski definition) is 2. The van der Waals surface area contributed by atoms with Crippen molar-refractivity contribution in [1.29, 1.82) is 0 Å². The summed E-state index contributed by atoms with van der Waals surface area (Å²) in [6, 6.07) is 12.8. The van der Waals surface area contributed by atoms with Gasteiger partial charge in [0, 0.05) is 5.69 Å². The van der Waals surface area contributed by atoms with Gasteiger partial charge in [-0.25, -0.2) is 0 Å². The van der Waals surface area contributed by atoms with Gasteiger partial charge in [-0.3, -0.25) is 9.59 Å². The lowest BCUT2D eigenvalue weighted by molar-refractivity contribution is -0.114. The Labute approximate surface area is 151 Å². The molecule has 6 heteroatoms. The maximum Gasteiger partial charge on any atom is 0.234 e. The minimum absolute atomic E-state index is 0.126. The maximum absolute atomic E-state index is 12.0. The van der Waals surface area contributed by atoms with Crippen LogP contribution in [0, 0.1) is 13.8 Å². The second kappa shape index (κ2) is 8.76. The van der Waals surface area contributed by atoms with E-state index >= 15 is 0 Å². The van der Waals surface area contributed by atoms with E-state index in [1.165, 1.54) is 11.8 Å². The van der Waals surface area contributed by atoms with Crippen LogP contribution in [0.15, 0.2) is 42.5 Å². The first kappa shape index (κ1) is 18.4. The zero-order valence-electron chi connectivity index (χ0n) is 13.6. The van der Waals surface area contributed by atoms with Gasteiger partial charge in [-0.15, -0.1) is 11.8 Å². The summed E-state index contributed by atoms with van der Waals surface area (Å²) in [5, 5.41) is 6.09. The smallest absolute Gasteiger partial charge is 0.234 e. The number of aryl methyl sites for hydroxylation is 1. The van der Waals surface area contributed by atoms with E-state index in [1.807, 2.05) is 32.0 Å². The van der Waals surface area contributed by atoms with Gasteiger partial charge in [0.25, 0.3) is 0 Å². The number of thioether (sulfide) groups is 1. The molecular formula is C18H19ClN2O2S. The lowest BCUT2D eigenvalue weighted by Crippen LogP contribution is -2.19. The van der Waals surface area contributed by atoms with Crippen LogP contribution in [0.4, 0.5) is 11.4 Å². The molecule has 0 aliphatic carbocycles. The van der Waals surface area contributed by atoms with Crippen molar-refractivity contribution in [3.63, 3.8) is 0 Å². The predicted molar refractivity (Wildman–Crippen MR) is 102 cm³/mol. The fraction of sp³-hybridized carbons (Fsp3) is 0.222. The second-order valence-corrected chi connectivity index (χ2v) is 6.71. The van der Waals surface area contributed by atoms with Crippen molar-refractivity contribution in [3.05, 3.63) is 58.6 Å². The molecular weight excluding hydrogens is 344 g/mol. The monoisotopic (exact) mass is 362 g/mol. The molecule has 0 fully saturated rings. The van der Waals surface area contributed by atoms with Gasteiger partial charge in [0.2, 0.25) is 11.8 Å². The summed E-state index contributed by atoms with van der Waals surface area (Å²) in [6.45, 7) is 3.97. The summed E-state index contributed by atoms with van der Waals surface area (Å²) in [5.41, 5.74) is 3.55. The number of para-hydroxylation sites is 1. The average molecular weight is 363 g/mol. The number of carbonyl (C=O) groups excluding carboxylic acids is 2. The highest BCUT2D eigenvalue weighted by Crippen LogP contribution is 2.21. The van der Waals surface area contributed by atoms with Crippen molar-refractivity contribution in [2.24, 2.45) is 0 Å². The summed E-state index contributed by atoms with van der Waals surface area (Å²) in [6.07, 6.45) is 0. The number of nitrogens with one attached hydrogen (secondary N) is 2. The first-order valence-electron chi connectivity index (χ1n) is 7.45. The van der Waals surface area contributed by atoms with Crippen LogP contribution in [0.1, 0.15) is 11.1 Å². The Kier molecular flexibility index (Phi) is 6.70. The molecule has 2 aromatic rings. The molecule has 2 amide bonds. The average Bonchev–Trinajstić information content (AvgIpc) is 2.54. The second-order valence-electron chi connectivity index (χ2n) is 5.32. The Hall–Kier alpha value is -1.98. The number of rotatable bonds is 6. The number of carbonyl (C=O) groups is 2. The van der Waals surface area contributed by atoms with Gasteiger partial charge in [-0.2, -0.15) is 0 Å². The van der Waals surface area contributed by atoms with Crippen molar-refractivity contribution in [1.82, 2.24) is 0 Å². The zero-order chi connectivity index (χ0) is 17.5. The highest BCUT2D eigenvalue weighted by Gasteiger charge is 2.09. The zero-order valence-corrected chi connectivity index (χ0v) is 15.1. The molecule has 0 radical (unpaired) electrons. The molecule has 0 aromatic heterocycles. The Bertz CT molecular complexity index is 750. The number of halogens is 1. The van der Waals surface area contributed by atoms with Crippen LogP contribution in [-0.2, 0) is 9.59 Å². The first-order chi connectivity index (χ1) is 11.5. The minimum atomic E-state index is -0.187. The highest BCUT2D eigenvalue weighted by atomic mass is 35.5. The third-order valence-corrected chi connectivity index (χ3v) is 4.76. The topological polar surface area (TPSA) is 58.2 Å². The number of amides is 2. The number of hydrogen-bond acceptors (Lipinski definition) is 3. The number of benzene rings is 2. The van der Waals surface area contributed by atoms with Crippen LogP contribution in [0.5, 0.6) is 0 Å². The lowest BCUT2D eigenvalue weighted by atomic mass is 10.1. The highest BCUT2D eigenvalue weighted by molar-refractivity contribution is 8.00. The lowest BCUT2D eigenvalue weighted by Gasteiger charge is -2.10. The molecule has 0 saturated carbocycles. The molecule has 24 heavy (non-hydrogen) atoms. The van der Waals surface area contributed by atoms with Crippen LogP contribution < -0.4 is 10.6 Å². The molecule has 2 aromatic carbocycles. The number of anilines is 2. The van der Waals surface area contributed by atoms with Crippen LogP contribution in [0.25, 0.3) is 0 Å². The van der Waals surface area contributed by atoms with Gasteiger partial charge in [-0.1, -0.05) is 35.9 Å². The van der Waals surface area contributed by atoms with E-state index in [1.54, 1.807) is 24.3 Å². The quantitative estimate of drug-likeness (QED) is 0.806. The Balaban J connectivity index is 1.77. The molecule has 0 bridgehead atoms. The van der Waals surface area contributed by atoms with Crippen LogP contribution >= 0.6 is 23.4 Å². The summed E-state index contributed by atoms with van der Waals surface area (Å²) in [4.78, 5) is 23.9. The third-order valence-electron chi connectivity index (χ3n) is 3.49. The molecule has 0 atom stereocenters. The summed E-state index contributed by atoms with van der Waals surface area (Å²) < 4.78 is 0. The fourth-order valence-corrected chi connectivity index (χ4v) is 2.86. The van der Waals surface area contributed by atoms with E-state index in [4.69, 9.17) is 11.6 Å². The van der Waals surface area contributed by atoms with Crippen LogP contribution in [-0.4, -0.2) is 23.3 Å². The van der Waals surface area contributed by atoms with Gasteiger partial charge < -0.3 is 10.6 Å². The van der Waals surface area contributed by atoms with Crippen molar-refractivity contribution in [3.8, 4) is 0 Å². The molecule has 4 nitrogen and oxygen atoms in total. The summed E-state index contributed by atoms with van der Waals surface area (Å²) in [7, 11) is 0. The molecule has 0 heterocycles. The largest absolute Gasteiger partial charge is 0.325 e. The summed E-state index contributed by atoms with van der Waals surface area (Å²) >= 11 is 7.24.